The lowest BCUT2D eigenvalue weighted by atomic mass is 10.0. The topological polar surface area (TPSA) is 89.1 Å². The van der Waals surface area contributed by atoms with Crippen molar-refractivity contribution in [3.8, 4) is 0 Å². The predicted molar refractivity (Wildman–Crippen MR) is 202 cm³/mol. The number of nitrogens with zero attached hydrogens (tertiary/aromatic N) is 3. The van der Waals surface area contributed by atoms with Crippen LogP contribution >= 0.6 is 11.6 Å². The van der Waals surface area contributed by atoms with E-state index in [1.807, 2.05) is 114 Å². The van der Waals surface area contributed by atoms with E-state index in [4.69, 9.17) is 11.6 Å². The molecule has 0 radical (unpaired) electrons. The Bertz CT molecular complexity index is 2300. The molecule has 0 spiro atoms. The van der Waals surface area contributed by atoms with Crippen molar-refractivity contribution in [3.05, 3.63) is 209 Å². The molecule has 2 unspecified atom stereocenters. The van der Waals surface area contributed by atoms with E-state index < -0.39 is 12.1 Å². The van der Waals surface area contributed by atoms with Crippen LogP contribution in [0.1, 0.15) is 52.8 Å². The fourth-order valence-corrected chi connectivity index (χ4v) is 6.35. The van der Waals surface area contributed by atoms with Crippen molar-refractivity contribution in [2.24, 2.45) is 0 Å². The van der Waals surface area contributed by atoms with Crippen LogP contribution in [-0.4, -0.2) is 49.8 Å². The summed E-state index contributed by atoms with van der Waals surface area (Å²) in [6.45, 7) is 0.591. The third kappa shape index (κ3) is 7.28. The Morgan fingerprint density at radius 3 is 1.52 bits per heavy atom. The number of imidazole rings is 1. The second-order valence-electron chi connectivity index (χ2n) is 12.3. The number of carbonyl (C=O) groups excluding carboxylic acids is 4. The van der Waals surface area contributed by atoms with Gasteiger partial charge in [-0.15, -0.1) is 0 Å². The number of Topliss-reactive ketones (excluding diaryl/α,β-unsaturated/α-hetero) is 2. The van der Waals surface area contributed by atoms with Crippen LogP contribution in [-0.2, 0) is 6.54 Å². The average molecular weight is 702 g/mol. The number of ketones is 3. The smallest absolute Gasteiger partial charge is 0.264 e. The predicted octanol–water partition coefficient (Wildman–Crippen LogP) is 8.61. The van der Waals surface area contributed by atoms with Crippen molar-refractivity contribution in [1.29, 1.82) is 0 Å². The zero-order chi connectivity index (χ0) is 36.0. The van der Waals surface area contributed by atoms with Gasteiger partial charge in [0.15, 0.2) is 17.4 Å². The van der Waals surface area contributed by atoms with Crippen molar-refractivity contribution in [2.75, 3.05) is 0 Å². The van der Waals surface area contributed by atoms with Crippen molar-refractivity contribution in [1.82, 2.24) is 14.5 Å². The van der Waals surface area contributed by atoms with Gasteiger partial charge >= 0.3 is 0 Å². The molecule has 6 aromatic carbocycles. The number of para-hydroxylation sites is 2. The quantitative estimate of drug-likeness (QED) is 0.111. The molecule has 7 aromatic rings. The first-order chi connectivity index (χ1) is 25.4. The molecule has 1 aliphatic rings. The van der Waals surface area contributed by atoms with Gasteiger partial charge in [-0.05, 0) is 42.0 Å². The zero-order valence-electron chi connectivity index (χ0n) is 27.9. The molecule has 0 aliphatic carbocycles. The minimum Gasteiger partial charge on any atom is -0.292 e. The van der Waals surface area contributed by atoms with E-state index in [1.165, 1.54) is 4.57 Å². The lowest BCUT2D eigenvalue weighted by Gasteiger charge is -2.08. The monoisotopic (exact) mass is 701 g/mol. The summed E-state index contributed by atoms with van der Waals surface area (Å²) in [5.74, 6) is -0.511. The molecule has 8 heteroatoms. The second kappa shape index (κ2) is 15.3. The summed E-state index contributed by atoms with van der Waals surface area (Å²) >= 11 is 5.91. The van der Waals surface area contributed by atoms with Crippen LogP contribution < -0.4 is 0 Å². The van der Waals surface area contributed by atoms with Crippen molar-refractivity contribution < 1.29 is 19.2 Å². The molecule has 2 atom stereocenters. The van der Waals surface area contributed by atoms with E-state index in [2.05, 4.69) is 4.98 Å². The minimum absolute atomic E-state index is 0.0100. The van der Waals surface area contributed by atoms with Gasteiger partial charge in [0, 0.05) is 33.8 Å². The van der Waals surface area contributed by atoms with Crippen LogP contribution in [0.2, 0.25) is 5.02 Å². The molecule has 0 saturated carbocycles. The third-order valence-electron chi connectivity index (χ3n) is 8.88. The molecule has 0 bridgehead atoms. The largest absolute Gasteiger partial charge is 0.292 e. The zero-order valence-corrected chi connectivity index (χ0v) is 28.6. The number of carbonyl (C=O) groups is 4. The SMILES string of the molecule is O=C(c1ccccc1)C1C(C(=O)c2ccccc2)N1Cc1ccccc1.O=C(c1ccccc1)c1nc2ccccc2n1C(=O)c1ccc(Cl)cc1. The van der Waals surface area contributed by atoms with Crippen LogP contribution in [0.4, 0.5) is 0 Å². The molecular formula is C44H32ClN3O4. The van der Waals surface area contributed by atoms with Crippen molar-refractivity contribution in [2.45, 2.75) is 18.6 Å². The van der Waals surface area contributed by atoms with Gasteiger partial charge in [0.2, 0.25) is 5.78 Å². The fraction of sp³-hybridized carbons (Fsp3) is 0.0682. The fourth-order valence-electron chi connectivity index (χ4n) is 6.23. The van der Waals surface area contributed by atoms with Gasteiger partial charge in [0.25, 0.3) is 5.91 Å². The number of aromatic nitrogens is 2. The van der Waals surface area contributed by atoms with E-state index in [-0.39, 0.29) is 29.1 Å². The van der Waals surface area contributed by atoms with E-state index in [0.29, 0.717) is 44.9 Å². The number of hydrogen-bond donors (Lipinski definition) is 0. The number of rotatable bonds is 9. The first kappa shape index (κ1) is 34.2. The molecule has 1 fully saturated rings. The molecule has 0 N–H and O–H groups in total. The van der Waals surface area contributed by atoms with Gasteiger partial charge < -0.3 is 0 Å². The number of benzene rings is 6. The summed E-state index contributed by atoms with van der Waals surface area (Å²) in [5.41, 5.74) is 4.49. The van der Waals surface area contributed by atoms with E-state index in [1.54, 1.807) is 60.7 Å². The normalized spacial score (nSPS) is 16.0. The number of fused-ring (bicyclic) bond motifs is 1. The highest BCUT2D eigenvalue weighted by atomic mass is 35.5. The summed E-state index contributed by atoms with van der Waals surface area (Å²) in [6.07, 6.45) is 0. The van der Waals surface area contributed by atoms with E-state index in [0.717, 1.165) is 5.56 Å². The highest BCUT2D eigenvalue weighted by Crippen LogP contribution is 2.36. The highest BCUT2D eigenvalue weighted by Gasteiger charge is 2.56. The highest BCUT2D eigenvalue weighted by molar-refractivity contribution is 6.30. The minimum atomic E-state index is -0.398. The van der Waals surface area contributed by atoms with Crippen molar-refractivity contribution in [3.63, 3.8) is 0 Å². The molecular weight excluding hydrogens is 670 g/mol. The van der Waals surface area contributed by atoms with Crippen LogP contribution in [0.3, 0.4) is 0 Å². The summed E-state index contributed by atoms with van der Waals surface area (Å²) in [7, 11) is 0. The van der Waals surface area contributed by atoms with Crippen LogP contribution in [0, 0.1) is 0 Å². The Labute approximate surface area is 305 Å². The lowest BCUT2D eigenvalue weighted by Crippen LogP contribution is -2.19. The maximum Gasteiger partial charge on any atom is 0.264 e. The summed E-state index contributed by atoms with van der Waals surface area (Å²) < 4.78 is 1.37. The Balaban J connectivity index is 0.000000162. The van der Waals surface area contributed by atoms with Crippen LogP contribution in [0.25, 0.3) is 11.0 Å². The maximum absolute atomic E-state index is 13.1. The van der Waals surface area contributed by atoms with Gasteiger partial charge in [0.05, 0.1) is 23.1 Å². The van der Waals surface area contributed by atoms with Gasteiger partial charge in [-0.2, -0.15) is 0 Å². The van der Waals surface area contributed by atoms with Crippen LogP contribution in [0.5, 0.6) is 0 Å². The Hall–Kier alpha value is -6.28. The molecule has 52 heavy (non-hydrogen) atoms. The van der Waals surface area contributed by atoms with E-state index >= 15 is 0 Å². The molecule has 7 nitrogen and oxygen atoms in total. The van der Waals surface area contributed by atoms with Gasteiger partial charge in [0.1, 0.15) is 0 Å². The molecule has 1 aliphatic heterocycles. The lowest BCUT2D eigenvalue weighted by molar-refractivity contribution is 0.0935. The molecule has 8 rings (SSSR count). The van der Waals surface area contributed by atoms with Gasteiger partial charge in [-0.3, -0.25) is 28.6 Å². The first-order valence-corrected chi connectivity index (χ1v) is 17.1. The van der Waals surface area contributed by atoms with Crippen molar-refractivity contribution >= 4 is 45.9 Å². The van der Waals surface area contributed by atoms with Gasteiger partial charge in [-0.25, -0.2) is 4.98 Å². The molecule has 0 amide bonds. The Morgan fingerprint density at radius 1 is 0.519 bits per heavy atom. The summed E-state index contributed by atoms with van der Waals surface area (Å²) in [5, 5.41) is 0.539. The molecule has 1 aromatic heterocycles. The second-order valence-corrected chi connectivity index (χ2v) is 12.7. The Morgan fingerprint density at radius 2 is 0.981 bits per heavy atom. The standard InChI is InChI=1S/C23H19NO2.C21H13ClN2O2/c25-22(18-12-6-2-7-13-18)20-21(23(26)19-14-8-3-9-15-19)24(20)16-17-10-4-1-5-11-17;22-16-12-10-15(11-13-16)21(26)24-18-9-5-4-8-17(18)23-20(24)19(25)14-6-2-1-3-7-14/h1-15,20-21H,16H2;1-13H. The summed E-state index contributed by atoms with van der Waals surface area (Å²) in [4.78, 5) is 58.4. The maximum atomic E-state index is 13.1. The van der Waals surface area contributed by atoms with Gasteiger partial charge in [-0.1, -0.05) is 145 Å². The molecule has 254 valence electrons. The van der Waals surface area contributed by atoms with Crippen LogP contribution in [0.15, 0.2) is 170 Å². The molecule has 1 saturated heterocycles. The first-order valence-electron chi connectivity index (χ1n) is 16.8. The summed E-state index contributed by atoms with van der Waals surface area (Å²) in [6, 6.07) is 50.1. The average Bonchev–Trinajstić information content (AvgIpc) is 3.77. The molecule has 2 heterocycles. The number of hydrogen-bond acceptors (Lipinski definition) is 6. The van der Waals surface area contributed by atoms with E-state index in [9.17, 15) is 19.2 Å². The number of halogens is 1. The Kier molecular flexibility index (Phi) is 10.1. The third-order valence-corrected chi connectivity index (χ3v) is 9.13.